The summed E-state index contributed by atoms with van der Waals surface area (Å²) in [6.45, 7) is 1.22. The Kier molecular flexibility index (Phi) is 4.14. The minimum atomic E-state index is -0.389. The minimum absolute atomic E-state index is 0.0516. The Hall–Kier alpha value is -2.82. The van der Waals surface area contributed by atoms with Gasteiger partial charge in [-0.25, -0.2) is 0 Å². The molecule has 0 radical (unpaired) electrons. The van der Waals surface area contributed by atoms with Crippen LogP contribution in [0.25, 0.3) is 11.1 Å². The second-order valence-corrected chi connectivity index (χ2v) is 6.49. The molecule has 2 aliphatic rings. The van der Waals surface area contributed by atoms with Gasteiger partial charge in [0.25, 0.3) is 0 Å². The Labute approximate surface area is 146 Å². The van der Waals surface area contributed by atoms with Crippen LogP contribution in [-0.2, 0) is 22.6 Å². The smallest absolute Gasteiger partial charge is 0.242 e. The standard InChI is InChI=1S/C20H20N2O3/c23-19-8-6-17(22-19)20(24)21-12-13-1-3-14(4-2-13)15-5-7-18-16(11-15)9-10-25-18/h1-5,7,11,17H,6,8-10,12H2,(H,21,24)(H,22,23). The third-order valence-electron chi connectivity index (χ3n) is 4.76. The summed E-state index contributed by atoms with van der Waals surface area (Å²) in [6, 6.07) is 14.1. The maximum atomic E-state index is 12.0. The molecule has 1 unspecified atom stereocenters. The van der Waals surface area contributed by atoms with Crippen LogP contribution in [0.4, 0.5) is 0 Å². The fourth-order valence-electron chi connectivity index (χ4n) is 3.30. The lowest BCUT2D eigenvalue weighted by atomic mass is 10.0. The molecule has 1 atom stereocenters. The largest absolute Gasteiger partial charge is 0.493 e. The molecule has 2 N–H and O–H groups in total. The molecule has 0 spiro atoms. The molecule has 2 aromatic rings. The lowest BCUT2D eigenvalue weighted by Crippen LogP contribution is -2.41. The van der Waals surface area contributed by atoms with Gasteiger partial charge in [-0.1, -0.05) is 30.3 Å². The Bertz CT molecular complexity index is 814. The number of carbonyl (C=O) groups excluding carboxylic acids is 2. The second-order valence-electron chi connectivity index (χ2n) is 6.49. The van der Waals surface area contributed by atoms with Crippen LogP contribution in [0.1, 0.15) is 24.0 Å². The van der Waals surface area contributed by atoms with E-state index < -0.39 is 0 Å². The summed E-state index contributed by atoms with van der Waals surface area (Å²) in [5.74, 6) is 0.819. The van der Waals surface area contributed by atoms with Crippen molar-refractivity contribution in [1.82, 2.24) is 10.6 Å². The van der Waals surface area contributed by atoms with Crippen molar-refractivity contribution in [1.29, 1.82) is 0 Å². The molecular formula is C20H20N2O3. The number of ether oxygens (including phenoxy) is 1. The summed E-state index contributed by atoms with van der Waals surface area (Å²) in [6.07, 6.45) is 1.97. The van der Waals surface area contributed by atoms with Gasteiger partial charge in [-0.05, 0) is 40.8 Å². The minimum Gasteiger partial charge on any atom is -0.493 e. The topological polar surface area (TPSA) is 67.4 Å². The third-order valence-corrected chi connectivity index (χ3v) is 4.76. The summed E-state index contributed by atoms with van der Waals surface area (Å²) in [4.78, 5) is 23.2. The van der Waals surface area contributed by atoms with Crippen LogP contribution >= 0.6 is 0 Å². The van der Waals surface area contributed by atoms with Gasteiger partial charge in [-0.15, -0.1) is 0 Å². The van der Waals surface area contributed by atoms with Gasteiger partial charge in [0.2, 0.25) is 11.8 Å². The Morgan fingerprint density at radius 2 is 1.92 bits per heavy atom. The molecule has 2 aromatic carbocycles. The number of benzene rings is 2. The highest BCUT2D eigenvalue weighted by atomic mass is 16.5. The molecule has 0 bridgehead atoms. The van der Waals surface area contributed by atoms with Crippen LogP contribution in [0.2, 0.25) is 0 Å². The fourth-order valence-corrected chi connectivity index (χ4v) is 3.30. The highest BCUT2D eigenvalue weighted by Gasteiger charge is 2.26. The molecule has 5 heteroatoms. The van der Waals surface area contributed by atoms with Gasteiger partial charge >= 0.3 is 0 Å². The van der Waals surface area contributed by atoms with Crippen molar-refractivity contribution in [3.8, 4) is 16.9 Å². The fraction of sp³-hybridized carbons (Fsp3) is 0.300. The van der Waals surface area contributed by atoms with E-state index in [-0.39, 0.29) is 17.9 Å². The molecule has 0 saturated carbocycles. The second kappa shape index (κ2) is 6.59. The average molecular weight is 336 g/mol. The zero-order valence-corrected chi connectivity index (χ0v) is 13.9. The Balaban J connectivity index is 1.38. The number of amides is 2. The van der Waals surface area contributed by atoms with E-state index in [0.29, 0.717) is 19.4 Å². The van der Waals surface area contributed by atoms with Crippen molar-refractivity contribution in [2.24, 2.45) is 0 Å². The van der Waals surface area contributed by atoms with Crippen molar-refractivity contribution < 1.29 is 14.3 Å². The maximum Gasteiger partial charge on any atom is 0.242 e. The van der Waals surface area contributed by atoms with Gasteiger partial charge in [0.15, 0.2) is 0 Å². The summed E-state index contributed by atoms with van der Waals surface area (Å²) in [5.41, 5.74) is 4.61. The predicted octanol–water partition coefficient (Wildman–Crippen LogP) is 2.18. The zero-order valence-electron chi connectivity index (χ0n) is 13.9. The molecule has 2 heterocycles. The highest BCUT2D eigenvalue weighted by Crippen LogP contribution is 2.30. The molecule has 2 amide bonds. The van der Waals surface area contributed by atoms with Gasteiger partial charge in [0, 0.05) is 19.4 Å². The lowest BCUT2D eigenvalue weighted by Gasteiger charge is -2.11. The van der Waals surface area contributed by atoms with E-state index in [1.54, 1.807) is 0 Å². The first-order valence-corrected chi connectivity index (χ1v) is 8.61. The SMILES string of the molecule is O=C1CCC(C(=O)NCc2ccc(-c3ccc4c(c3)CCO4)cc2)N1. The van der Waals surface area contributed by atoms with E-state index in [2.05, 4.69) is 34.9 Å². The average Bonchev–Trinajstić information content (AvgIpc) is 3.28. The van der Waals surface area contributed by atoms with E-state index in [1.807, 2.05) is 18.2 Å². The first-order valence-electron chi connectivity index (χ1n) is 8.61. The molecular weight excluding hydrogens is 316 g/mol. The van der Waals surface area contributed by atoms with Gasteiger partial charge < -0.3 is 15.4 Å². The number of hydrogen-bond donors (Lipinski definition) is 2. The van der Waals surface area contributed by atoms with E-state index in [0.717, 1.165) is 29.9 Å². The monoisotopic (exact) mass is 336 g/mol. The molecule has 128 valence electrons. The van der Waals surface area contributed by atoms with E-state index in [1.165, 1.54) is 11.1 Å². The molecule has 1 saturated heterocycles. The normalized spacial score (nSPS) is 18.4. The zero-order chi connectivity index (χ0) is 17.2. The first kappa shape index (κ1) is 15.7. The number of nitrogens with one attached hydrogen (secondary N) is 2. The van der Waals surface area contributed by atoms with Gasteiger partial charge in [0.05, 0.1) is 6.61 Å². The van der Waals surface area contributed by atoms with Gasteiger partial charge in [-0.2, -0.15) is 0 Å². The summed E-state index contributed by atoms with van der Waals surface area (Å²) >= 11 is 0. The number of carbonyl (C=O) groups is 2. The van der Waals surface area contributed by atoms with Gasteiger partial charge in [0.1, 0.15) is 11.8 Å². The van der Waals surface area contributed by atoms with Crippen molar-refractivity contribution in [2.45, 2.75) is 31.8 Å². The van der Waals surface area contributed by atoms with Crippen molar-refractivity contribution >= 4 is 11.8 Å². The maximum absolute atomic E-state index is 12.0. The highest BCUT2D eigenvalue weighted by molar-refractivity contribution is 5.90. The Morgan fingerprint density at radius 1 is 1.12 bits per heavy atom. The van der Waals surface area contributed by atoms with Crippen molar-refractivity contribution in [3.63, 3.8) is 0 Å². The summed E-state index contributed by atoms with van der Waals surface area (Å²) in [5, 5.41) is 5.56. The van der Waals surface area contributed by atoms with Crippen LogP contribution in [0.15, 0.2) is 42.5 Å². The molecule has 1 fully saturated rings. The number of hydrogen-bond acceptors (Lipinski definition) is 3. The quantitative estimate of drug-likeness (QED) is 0.899. The van der Waals surface area contributed by atoms with Gasteiger partial charge in [-0.3, -0.25) is 9.59 Å². The van der Waals surface area contributed by atoms with Crippen LogP contribution < -0.4 is 15.4 Å². The molecule has 2 aliphatic heterocycles. The van der Waals surface area contributed by atoms with E-state index in [4.69, 9.17) is 4.74 Å². The summed E-state index contributed by atoms with van der Waals surface area (Å²) < 4.78 is 5.55. The molecule has 0 aliphatic carbocycles. The lowest BCUT2D eigenvalue weighted by molar-refractivity contribution is -0.125. The Morgan fingerprint density at radius 3 is 2.68 bits per heavy atom. The van der Waals surface area contributed by atoms with Crippen molar-refractivity contribution in [2.75, 3.05) is 6.61 Å². The van der Waals surface area contributed by atoms with E-state index >= 15 is 0 Å². The van der Waals surface area contributed by atoms with E-state index in [9.17, 15) is 9.59 Å². The molecule has 4 rings (SSSR count). The van der Waals surface area contributed by atoms with Crippen LogP contribution in [0.5, 0.6) is 5.75 Å². The predicted molar refractivity (Wildman–Crippen MR) is 94.1 cm³/mol. The first-order chi connectivity index (χ1) is 12.2. The van der Waals surface area contributed by atoms with Crippen LogP contribution in [-0.4, -0.2) is 24.5 Å². The number of rotatable bonds is 4. The number of fused-ring (bicyclic) bond motifs is 1. The van der Waals surface area contributed by atoms with Crippen LogP contribution in [0, 0.1) is 0 Å². The molecule has 0 aromatic heterocycles. The third kappa shape index (κ3) is 3.36. The molecule has 5 nitrogen and oxygen atoms in total. The van der Waals surface area contributed by atoms with Crippen molar-refractivity contribution in [3.05, 3.63) is 53.6 Å². The van der Waals surface area contributed by atoms with Crippen LogP contribution in [0.3, 0.4) is 0 Å². The summed E-state index contributed by atoms with van der Waals surface area (Å²) in [7, 11) is 0. The molecule has 25 heavy (non-hydrogen) atoms.